The second kappa shape index (κ2) is 23.2. The van der Waals surface area contributed by atoms with Gasteiger partial charge < -0.3 is 45.1 Å². The SMILES string of the molecule is CC(C)CCCCCCCC(O)C(CO)(CO)C(O)(O)CCCCCCCC(C)C.OP(O)OP(O)O. The molecule has 0 spiro atoms. The first-order valence-electron chi connectivity index (χ1n) is 13.6. The van der Waals surface area contributed by atoms with E-state index in [1.54, 1.807) is 0 Å². The van der Waals surface area contributed by atoms with E-state index in [9.17, 15) is 25.5 Å². The fraction of sp³-hybridized carbons (Fsp3) is 1.00. The molecule has 0 aliphatic rings. The number of rotatable bonds is 22. The van der Waals surface area contributed by atoms with E-state index in [4.69, 9.17) is 19.6 Å². The summed E-state index contributed by atoms with van der Waals surface area (Å²) in [6.07, 6.45) is 11.7. The van der Waals surface area contributed by atoms with Gasteiger partial charge in [-0.2, -0.15) is 0 Å². The largest absolute Gasteiger partial charge is 0.395 e. The molecule has 12 heteroatoms. The van der Waals surface area contributed by atoms with Crippen LogP contribution in [0.1, 0.15) is 118 Å². The lowest BCUT2D eigenvalue weighted by Crippen LogP contribution is -2.59. The van der Waals surface area contributed by atoms with Gasteiger partial charge in [-0.1, -0.05) is 98.3 Å². The molecule has 0 aliphatic heterocycles. The highest BCUT2D eigenvalue weighted by atomic mass is 31.2. The highest BCUT2D eigenvalue weighted by Crippen LogP contribution is 2.42. The van der Waals surface area contributed by atoms with Crippen LogP contribution in [0.3, 0.4) is 0 Å². The van der Waals surface area contributed by atoms with Gasteiger partial charge in [0.1, 0.15) is 0 Å². The van der Waals surface area contributed by atoms with E-state index in [2.05, 4.69) is 32.0 Å². The molecule has 0 heterocycles. The van der Waals surface area contributed by atoms with E-state index < -0.39 is 47.7 Å². The van der Waals surface area contributed by atoms with Gasteiger partial charge in [-0.15, -0.1) is 0 Å². The van der Waals surface area contributed by atoms with Crippen LogP contribution in [-0.4, -0.2) is 70.2 Å². The zero-order valence-corrected chi connectivity index (χ0v) is 25.2. The molecule has 9 N–H and O–H groups in total. The first kappa shape index (κ1) is 39.6. The maximum atomic E-state index is 10.7. The lowest BCUT2D eigenvalue weighted by atomic mass is 9.72. The highest BCUT2D eigenvalue weighted by molar-refractivity contribution is 7.53. The Kier molecular flexibility index (Phi) is 24.8. The predicted octanol–water partition coefficient (Wildman–Crippen LogP) is 4.20. The van der Waals surface area contributed by atoms with Crippen LogP contribution in [0.25, 0.3) is 0 Å². The standard InChI is InChI=1S/C25H52O5.H4O5P2/c1-21(2)15-11-7-5-9-13-17-23(28)24(19-26,20-27)25(29,30)18-14-10-6-8-12-16-22(3)4;1-6(2)5-7(3)4/h21-23,26-30H,5-20H2,1-4H3;1-4H. The van der Waals surface area contributed by atoms with E-state index in [1.807, 2.05) is 0 Å². The molecule has 0 aliphatic carbocycles. The average molecular weight is 579 g/mol. The second-order valence-electron chi connectivity index (χ2n) is 10.8. The maximum Gasteiger partial charge on any atom is 0.334 e. The van der Waals surface area contributed by atoms with E-state index in [0.717, 1.165) is 44.4 Å². The van der Waals surface area contributed by atoms with Gasteiger partial charge >= 0.3 is 17.2 Å². The van der Waals surface area contributed by atoms with Crippen molar-refractivity contribution in [3.8, 4) is 0 Å². The molecule has 0 aromatic carbocycles. The Labute approximate surface area is 226 Å². The first-order chi connectivity index (χ1) is 17.3. The normalized spacial score (nSPS) is 13.5. The van der Waals surface area contributed by atoms with Gasteiger partial charge in [0.25, 0.3) is 0 Å². The van der Waals surface area contributed by atoms with Crippen LogP contribution in [0.4, 0.5) is 0 Å². The molecule has 0 bridgehead atoms. The van der Waals surface area contributed by atoms with Crippen molar-refractivity contribution in [3.63, 3.8) is 0 Å². The van der Waals surface area contributed by atoms with Crippen LogP contribution in [0.5, 0.6) is 0 Å². The molecule has 0 radical (unpaired) electrons. The smallest absolute Gasteiger partial charge is 0.334 e. The van der Waals surface area contributed by atoms with Crippen molar-refractivity contribution in [2.24, 2.45) is 17.3 Å². The van der Waals surface area contributed by atoms with E-state index >= 15 is 0 Å². The van der Waals surface area contributed by atoms with Gasteiger partial charge in [0.15, 0.2) is 5.79 Å². The van der Waals surface area contributed by atoms with Crippen molar-refractivity contribution in [2.45, 2.75) is 129 Å². The monoisotopic (exact) mass is 578 g/mol. The Morgan fingerprint density at radius 1 is 0.595 bits per heavy atom. The van der Waals surface area contributed by atoms with Gasteiger partial charge in [0.05, 0.1) is 24.7 Å². The van der Waals surface area contributed by atoms with Gasteiger partial charge in [-0.3, -0.25) is 0 Å². The summed E-state index contributed by atoms with van der Waals surface area (Å²) in [5.41, 5.74) is -1.71. The predicted molar refractivity (Wildman–Crippen MR) is 148 cm³/mol. The summed E-state index contributed by atoms with van der Waals surface area (Å²) < 4.78 is 3.60. The minimum atomic E-state index is -2.61. The first-order valence-corrected chi connectivity index (χ1v) is 16.0. The molecule has 0 amide bonds. The molecule has 226 valence electrons. The van der Waals surface area contributed by atoms with Crippen molar-refractivity contribution in [1.29, 1.82) is 0 Å². The molecular weight excluding hydrogens is 522 g/mol. The van der Waals surface area contributed by atoms with Crippen LogP contribution in [0.15, 0.2) is 0 Å². The Bertz CT molecular complexity index is 498. The van der Waals surface area contributed by atoms with Crippen LogP contribution < -0.4 is 0 Å². The van der Waals surface area contributed by atoms with Crippen LogP contribution >= 0.6 is 17.2 Å². The second-order valence-corrected chi connectivity index (χ2v) is 12.5. The zero-order chi connectivity index (χ0) is 28.9. The van der Waals surface area contributed by atoms with Crippen molar-refractivity contribution in [2.75, 3.05) is 13.2 Å². The quantitative estimate of drug-likeness (QED) is 0.0511. The lowest BCUT2D eigenvalue weighted by molar-refractivity contribution is -0.294. The zero-order valence-electron chi connectivity index (χ0n) is 23.4. The fourth-order valence-electron chi connectivity index (χ4n) is 4.25. The number of aliphatic hydroxyl groups is 5. The van der Waals surface area contributed by atoms with Crippen molar-refractivity contribution < 1.29 is 49.4 Å². The highest BCUT2D eigenvalue weighted by Gasteiger charge is 2.53. The fourth-order valence-corrected chi connectivity index (χ4v) is 4.77. The minimum absolute atomic E-state index is 0.0462. The van der Waals surface area contributed by atoms with Gasteiger partial charge in [0, 0.05) is 6.42 Å². The molecule has 10 nitrogen and oxygen atoms in total. The third-order valence-electron chi connectivity index (χ3n) is 6.71. The molecule has 0 rings (SSSR count). The van der Waals surface area contributed by atoms with Crippen molar-refractivity contribution in [3.05, 3.63) is 0 Å². The number of hydrogen-bond acceptors (Lipinski definition) is 10. The molecule has 0 fully saturated rings. The number of unbranched alkanes of at least 4 members (excludes halogenated alkanes) is 8. The molecular formula is C25H56O10P2. The molecule has 0 saturated heterocycles. The van der Waals surface area contributed by atoms with Gasteiger partial charge in [-0.25, -0.2) is 4.31 Å². The summed E-state index contributed by atoms with van der Waals surface area (Å²) >= 11 is 0. The maximum absolute atomic E-state index is 10.7. The van der Waals surface area contributed by atoms with Crippen molar-refractivity contribution >= 4 is 17.2 Å². The van der Waals surface area contributed by atoms with Crippen LogP contribution in [0, 0.1) is 17.3 Å². The lowest BCUT2D eigenvalue weighted by Gasteiger charge is -2.44. The van der Waals surface area contributed by atoms with Gasteiger partial charge in [-0.05, 0) is 24.7 Å². The molecule has 1 unspecified atom stereocenters. The number of aliphatic hydroxyl groups excluding tert-OH is 3. The topological polar surface area (TPSA) is 191 Å². The summed E-state index contributed by atoms with van der Waals surface area (Å²) in [6.45, 7) is 7.58. The summed E-state index contributed by atoms with van der Waals surface area (Å²) in [4.78, 5) is 31.3. The minimum Gasteiger partial charge on any atom is -0.395 e. The van der Waals surface area contributed by atoms with Gasteiger partial charge in [0.2, 0.25) is 0 Å². The third-order valence-corrected chi connectivity index (χ3v) is 7.88. The molecule has 37 heavy (non-hydrogen) atoms. The third kappa shape index (κ3) is 20.1. The van der Waals surface area contributed by atoms with E-state index in [0.29, 0.717) is 18.8 Å². The van der Waals surface area contributed by atoms with Crippen LogP contribution in [0.2, 0.25) is 0 Å². The summed E-state index contributed by atoms with van der Waals surface area (Å²) in [5, 5.41) is 51.8. The molecule has 0 aromatic heterocycles. The Morgan fingerprint density at radius 3 is 1.27 bits per heavy atom. The Hall–Kier alpha value is 0.460. The molecule has 0 saturated carbocycles. The molecule has 0 aromatic rings. The number of hydrogen-bond donors (Lipinski definition) is 9. The Balaban J connectivity index is 0. The Morgan fingerprint density at radius 2 is 0.946 bits per heavy atom. The van der Waals surface area contributed by atoms with Crippen molar-refractivity contribution in [1.82, 2.24) is 0 Å². The van der Waals surface area contributed by atoms with Crippen LogP contribution in [-0.2, 0) is 4.31 Å². The van der Waals surface area contributed by atoms with E-state index in [1.165, 1.54) is 32.1 Å². The molecule has 1 atom stereocenters. The summed E-state index contributed by atoms with van der Waals surface area (Å²) in [5.74, 6) is -0.849. The summed E-state index contributed by atoms with van der Waals surface area (Å²) in [7, 11) is -5.22. The van der Waals surface area contributed by atoms with E-state index in [-0.39, 0.29) is 6.42 Å². The summed E-state index contributed by atoms with van der Waals surface area (Å²) in [6, 6.07) is 0. The average Bonchev–Trinajstić information content (AvgIpc) is 2.77.